The van der Waals surface area contributed by atoms with Gasteiger partial charge in [-0.05, 0) is 69.9 Å². The zero-order valence-electron chi connectivity index (χ0n) is 23.1. The van der Waals surface area contributed by atoms with Gasteiger partial charge in [0.05, 0.1) is 24.9 Å². The molecule has 36 heavy (non-hydrogen) atoms. The van der Waals surface area contributed by atoms with Gasteiger partial charge in [0.15, 0.2) is 8.32 Å². The minimum atomic E-state index is -2.12. The van der Waals surface area contributed by atoms with E-state index in [2.05, 4.69) is 33.9 Å². The second-order valence-corrected chi connectivity index (χ2v) is 16.9. The average Bonchev–Trinajstić information content (AvgIpc) is 2.74. The number of benzene rings is 1. The Bertz CT molecular complexity index is 1160. The molecule has 3 rings (SSSR count). The van der Waals surface area contributed by atoms with E-state index in [-0.39, 0.29) is 29.6 Å². The summed E-state index contributed by atoms with van der Waals surface area (Å²) in [5.41, 5.74) is 1.23. The van der Waals surface area contributed by atoms with Crippen LogP contribution in [0.25, 0.3) is 0 Å². The lowest BCUT2D eigenvalue weighted by molar-refractivity contribution is 0.0219. The molecular formula is C27H40FN3O4Si. The van der Waals surface area contributed by atoms with Gasteiger partial charge < -0.3 is 14.1 Å². The molecule has 0 saturated heterocycles. The molecule has 0 radical (unpaired) electrons. The van der Waals surface area contributed by atoms with Crippen LogP contribution < -0.4 is 5.56 Å². The summed E-state index contributed by atoms with van der Waals surface area (Å²) in [6, 6.07) is 5.75. The minimum absolute atomic E-state index is 0.000420. The molecule has 9 heteroatoms. The van der Waals surface area contributed by atoms with Crippen molar-refractivity contribution in [2.45, 2.75) is 91.2 Å². The Kier molecular flexibility index (Phi) is 7.86. The quantitative estimate of drug-likeness (QED) is 0.483. The van der Waals surface area contributed by atoms with Gasteiger partial charge in [0.1, 0.15) is 17.2 Å². The Balaban J connectivity index is 2.00. The molecule has 0 spiro atoms. The lowest BCUT2D eigenvalue weighted by Gasteiger charge is -2.38. The summed E-state index contributed by atoms with van der Waals surface area (Å²) in [5, 5.41) is -0.000420. The fourth-order valence-corrected chi connectivity index (χ4v) is 4.99. The largest absolute Gasteiger partial charge is 0.444 e. The molecule has 0 saturated carbocycles. The third-order valence-corrected chi connectivity index (χ3v) is 11.6. The number of aromatic nitrogens is 2. The predicted octanol–water partition coefficient (Wildman–Crippen LogP) is 5.60. The number of nitrogens with zero attached hydrogens (tertiary/aromatic N) is 3. The van der Waals surface area contributed by atoms with Crippen LogP contribution in [-0.4, -0.2) is 47.6 Å². The van der Waals surface area contributed by atoms with Crippen LogP contribution in [0.4, 0.5) is 9.18 Å². The highest BCUT2D eigenvalue weighted by Crippen LogP contribution is 2.37. The van der Waals surface area contributed by atoms with E-state index >= 15 is 0 Å². The molecule has 198 valence electrons. The monoisotopic (exact) mass is 517 g/mol. The molecule has 1 unspecified atom stereocenters. The number of fused-ring (bicyclic) bond motifs is 1. The molecule has 1 aliphatic rings. The summed E-state index contributed by atoms with van der Waals surface area (Å²) in [6.07, 6.45) is -0.0244. The maximum absolute atomic E-state index is 13.8. The second-order valence-electron chi connectivity index (χ2n) is 12.0. The maximum Gasteiger partial charge on any atom is 0.410 e. The third kappa shape index (κ3) is 6.24. The van der Waals surface area contributed by atoms with E-state index in [1.165, 1.54) is 12.1 Å². The van der Waals surface area contributed by atoms with Crippen molar-refractivity contribution in [1.29, 1.82) is 0 Å². The number of halogens is 1. The van der Waals surface area contributed by atoms with Gasteiger partial charge in [-0.15, -0.1) is 0 Å². The number of hydrogen-bond acceptors (Lipinski definition) is 5. The van der Waals surface area contributed by atoms with Crippen LogP contribution in [0.2, 0.25) is 18.1 Å². The smallest absolute Gasteiger partial charge is 0.410 e. The number of hydrogen-bond donors (Lipinski definition) is 0. The molecular weight excluding hydrogens is 477 g/mol. The van der Waals surface area contributed by atoms with Crippen LogP contribution in [0.3, 0.4) is 0 Å². The molecule has 1 aliphatic heterocycles. The standard InChI is InChI=1S/C27H40FN3O4Si/c1-18-29-22-16-30(25(33)35-26(2,3)4)15-14-21(22)24(32)31(18)23(19-10-12-20(28)13-11-19)17-34-36(8,9)27(5,6)7/h10-13,23H,14-17H2,1-9H3. The summed E-state index contributed by atoms with van der Waals surface area (Å²) >= 11 is 0. The molecule has 0 N–H and O–H groups in total. The van der Waals surface area contributed by atoms with E-state index in [4.69, 9.17) is 14.1 Å². The molecule has 1 aromatic carbocycles. The van der Waals surface area contributed by atoms with E-state index in [0.29, 0.717) is 30.0 Å². The number of carbonyl (C=O) groups is 1. The highest BCUT2D eigenvalue weighted by atomic mass is 28.4. The normalized spacial score (nSPS) is 15.4. The summed E-state index contributed by atoms with van der Waals surface area (Å²) < 4.78 is 27.4. The minimum Gasteiger partial charge on any atom is -0.444 e. The fraction of sp³-hybridized carbons (Fsp3) is 0.593. The van der Waals surface area contributed by atoms with Gasteiger partial charge in [-0.25, -0.2) is 14.2 Å². The van der Waals surface area contributed by atoms with Crippen molar-refractivity contribution in [2.75, 3.05) is 13.2 Å². The predicted molar refractivity (Wildman–Crippen MR) is 141 cm³/mol. The van der Waals surface area contributed by atoms with Crippen LogP contribution in [-0.2, 0) is 22.1 Å². The van der Waals surface area contributed by atoms with Crippen molar-refractivity contribution in [3.8, 4) is 0 Å². The number of aryl methyl sites for hydroxylation is 1. The molecule has 0 fully saturated rings. The van der Waals surface area contributed by atoms with E-state index in [1.54, 1.807) is 28.5 Å². The molecule has 1 amide bonds. The van der Waals surface area contributed by atoms with Crippen LogP contribution in [0, 0.1) is 12.7 Å². The first-order valence-corrected chi connectivity index (χ1v) is 15.4. The van der Waals surface area contributed by atoms with E-state index in [9.17, 15) is 14.0 Å². The van der Waals surface area contributed by atoms with E-state index < -0.39 is 26.1 Å². The number of amides is 1. The van der Waals surface area contributed by atoms with E-state index in [1.807, 2.05) is 20.8 Å². The van der Waals surface area contributed by atoms with Gasteiger partial charge in [-0.3, -0.25) is 9.36 Å². The molecule has 2 aromatic rings. The third-order valence-electron chi connectivity index (χ3n) is 7.07. The first kappa shape index (κ1) is 28.1. The van der Waals surface area contributed by atoms with Gasteiger partial charge in [0.2, 0.25) is 0 Å². The van der Waals surface area contributed by atoms with E-state index in [0.717, 1.165) is 5.56 Å². The molecule has 0 bridgehead atoms. The van der Waals surface area contributed by atoms with Gasteiger partial charge in [0, 0.05) is 12.1 Å². The Morgan fingerprint density at radius 3 is 2.31 bits per heavy atom. The molecule has 1 atom stereocenters. The Morgan fingerprint density at radius 2 is 1.75 bits per heavy atom. The number of ether oxygens (including phenoxy) is 1. The SMILES string of the molecule is Cc1nc2c(c(=O)n1C(CO[Si](C)(C)C(C)(C)C)c1ccc(F)cc1)CCN(C(=O)OC(C)(C)C)C2. The molecule has 7 nitrogen and oxygen atoms in total. The Morgan fingerprint density at radius 1 is 1.14 bits per heavy atom. The van der Waals surface area contributed by atoms with Crippen molar-refractivity contribution < 1.29 is 18.3 Å². The Labute approximate surface area is 214 Å². The van der Waals surface area contributed by atoms with Crippen LogP contribution in [0.1, 0.15) is 70.2 Å². The zero-order chi connectivity index (χ0) is 27.1. The number of rotatable bonds is 5. The van der Waals surface area contributed by atoms with Gasteiger partial charge in [0.25, 0.3) is 5.56 Å². The molecule has 1 aromatic heterocycles. The van der Waals surface area contributed by atoms with Crippen molar-refractivity contribution in [3.63, 3.8) is 0 Å². The fourth-order valence-electron chi connectivity index (χ4n) is 3.98. The summed E-state index contributed by atoms with van der Waals surface area (Å²) in [7, 11) is -2.12. The van der Waals surface area contributed by atoms with Crippen LogP contribution >= 0.6 is 0 Å². The number of carbonyl (C=O) groups excluding carboxylic acids is 1. The van der Waals surface area contributed by atoms with Gasteiger partial charge >= 0.3 is 6.09 Å². The lowest BCUT2D eigenvalue weighted by atomic mass is 10.0. The summed E-state index contributed by atoms with van der Waals surface area (Å²) in [5.74, 6) is 0.190. The van der Waals surface area contributed by atoms with Crippen molar-refractivity contribution in [1.82, 2.24) is 14.5 Å². The highest BCUT2D eigenvalue weighted by molar-refractivity contribution is 6.74. The highest BCUT2D eigenvalue weighted by Gasteiger charge is 2.38. The Hall–Kier alpha value is -2.52. The summed E-state index contributed by atoms with van der Waals surface area (Å²) in [6.45, 7) is 19.0. The maximum atomic E-state index is 13.8. The first-order valence-electron chi connectivity index (χ1n) is 12.5. The molecule has 2 heterocycles. The van der Waals surface area contributed by atoms with Crippen LogP contribution in [0.5, 0.6) is 0 Å². The average molecular weight is 518 g/mol. The lowest BCUT2D eigenvalue weighted by Crippen LogP contribution is -2.45. The zero-order valence-corrected chi connectivity index (χ0v) is 24.1. The summed E-state index contributed by atoms with van der Waals surface area (Å²) in [4.78, 5) is 32.7. The van der Waals surface area contributed by atoms with Gasteiger partial charge in [-0.1, -0.05) is 32.9 Å². The van der Waals surface area contributed by atoms with Crippen LogP contribution in [0.15, 0.2) is 29.1 Å². The van der Waals surface area contributed by atoms with Crippen molar-refractivity contribution in [2.24, 2.45) is 0 Å². The van der Waals surface area contributed by atoms with Crippen molar-refractivity contribution in [3.05, 3.63) is 63.1 Å². The first-order chi connectivity index (χ1) is 16.5. The van der Waals surface area contributed by atoms with Crippen molar-refractivity contribution >= 4 is 14.4 Å². The van der Waals surface area contributed by atoms with Gasteiger partial charge in [-0.2, -0.15) is 0 Å². The topological polar surface area (TPSA) is 73.7 Å². The second kappa shape index (κ2) is 10.1. The molecule has 0 aliphatic carbocycles.